The number of nitrogens with zero attached hydrogens (tertiary/aromatic N) is 3. The zero-order chi connectivity index (χ0) is 25.5. The Morgan fingerprint density at radius 1 is 1.17 bits per heavy atom. The van der Waals surface area contributed by atoms with Crippen molar-refractivity contribution in [2.75, 3.05) is 19.8 Å². The molecule has 9 heteroatoms. The molecule has 35 heavy (non-hydrogen) atoms. The van der Waals surface area contributed by atoms with E-state index in [0.717, 1.165) is 39.9 Å². The summed E-state index contributed by atoms with van der Waals surface area (Å²) in [6.07, 6.45) is 2.49. The molecule has 0 radical (unpaired) electrons. The van der Waals surface area contributed by atoms with Gasteiger partial charge < -0.3 is 24.8 Å². The van der Waals surface area contributed by atoms with Gasteiger partial charge in [-0.2, -0.15) is 4.98 Å². The fourth-order valence-corrected chi connectivity index (χ4v) is 3.75. The first kappa shape index (κ1) is 26.3. The molecule has 9 nitrogen and oxygen atoms in total. The number of aromatic nitrogens is 3. The van der Waals surface area contributed by atoms with Gasteiger partial charge in [0, 0.05) is 24.0 Å². The van der Waals surface area contributed by atoms with E-state index in [9.17, 15) is 9.90 Å². The van der Waals surface area contributed by atoms with Gasteiger partial charge in [-0.25, -0.2) is 0 Å². The second kappa shape index (κ2) is 11.9. The van der Waals surface area contributed by atoms with E-state index in [0.29, 0.717) is 29.8 Å². The lowest BCUT2D eigenvalue weighted by Crippen LogP contribution is -2.36. The van der Waals surface area contributed by atoms with Crippen molar-refractivity contribution in [3.8, 4) is 28.6 Å². The number of aliphatic hydroxyl groups is 2. The summed E-state index contributed by atoms with van der Waals surface area (Å²) in [6, 6.07) is 5.89. The SMILES string of the molecule is CCc1cc(-c2noc(-c3cnc(CC(C)C)c(C)c3)n2)cc(C)c1OC[C@H](O)CNC(=O)CO. The number of hydrogen-bond donors (Lipinski definition) is 3. The minimum Gasteiger partial charge on any atom is -0.490 e. The maximum Gasteiger partial charge on any atom is 0.259 e. The average Bonchev–Trinajstić information content (AvgIpc) is 3.32. The molecule has 0 saturated carbocycles. The monoisotopic (exact) mass is 482 g/mol. The Balaban J connectivity index is 1.76. The first-order chi connectivity index (χ1) is 16.7. The first-order valence-corrected chi connectivity index (χ1v) is 11.8. The molecule has 3 aromatic rings. The molecule has 3 rings (SSSR count). The molecule has 0 saturated heterocycles. The number of carbonyl (C=O) groups excluding carboxylic acids is 1. The average molecular weight is 483 g/mol. The van der Waals surface area contributed by atoms with Gasteiger partial charge in [-0.05, 0) is 67.5 Å². The van der Waals surface area contributed by atoms with Crippen LogP contribution in [-0.4, -0.2) is 57.1 Å². The molecular formula is C26H34N4O5. The minimum absolute atomic E-state index is 0.00357. The van der Waals surface area contributed by atoms with E-state index in [1.807, 2.05) is 39.0 Å². The van der Waals surface area contributed by atoms with E-state index < -0.39 is 18.6 Å². The Kier molecular flexibility index (Phi) is 8.95. The highest BCUT2D eigenvalue weighted by molar-refractivity contribution is 5.76. The number of rotatable bonds is 11. The van der Waals surface area contributed by atoms with Crippen LogP contribution in [0.1, 0.15) is 43.2 Å². The predicted octanol–water partition coefficient (Wildman–Crippen LogP) is 3.02. The van der Waals surface area contributed by atoms with Crippen LogP contribution in [0.25, 0.3) is 22.8 Å². The third-order valence-corrected chi connectivity index (χ3v) is 5.55. The van der Waals surface area contributed by atoms with Crippen molar-refractivity contribution >= 4 is 5.91 Å². The summed E-state index contributed by atoms with van der Waals surface area (Å²) >= 11 is 0. The highest BCUT2D eigenvalue weighted by Gasteiger charge is 2.17. The maximum atomic E-state index is 11.1. The molecule has 2 aromatic heterocycles. The predicted molar refractivity (Wildman–Crippen MR) is 132 cm³/mol. The molecule has 3 N–H and O–H groups in total. The quantitative estimate of drug-likeness (QED) is 0.380. The zero-order valence-corrected chi connectivity index (χ0v) is 21.0. The number of nitrogens with one attached hydrogen (secondary N) is 1. The number of hydrogen-bond acceptors (Lipinski definition) is 8. The van der Waals surface area contributed by atoms with Gasteiger partial charge in [0.2, 0.25) is 11.7 Å². The summed E-state index contributed by atoms with van der Waals surface area (Å²) < 4.78 is 11.4. The molecule has 1 amide bonds. The number of aliphatic hydroxyl groups excluding tert-OH is 2. The van der Waals surface area contributed by atoms with Crippen molar-refractivity contribution in [1.82, 2.24) is 20.4 Å². The summed E-state index contributed by atoms with van der Waals surface area (Å²) in [5.41, 5.74) is 5.56. The Hall–Kier alpha value is -3.30. The van der Waals surface area contributed by atoms with Crippen LogP contribution in [-0.2, 0) is 17.6 Å². The van der Waals surface area contributed by atoms with E-state index in [-0.39, 0.29) is 13.2 Å². The molecule has 0 aliphatic rings. The van der Waals surface area contributed by atoms with Gasteiger partial charge in [-0.15, -0.1) is 0 Å². The summed E-state index contributed by atoms with van der Waals surface area (Å²) in [6.45, 7) is 9.69. The van der Waals surface area contributed by atoms with Gasteiger partial charge in [-0.3, -0.25) is 9.78 Å². The van der Waals surface area contributed by atoms with E-state index in [1.54, 1.807) is 6.20 Å². The van der Waals surface area contributed by atoms with Gasteiger partial charge in [-0.1, -0.05) is 25.9 Å². The number of pyridine rings is 1. The first-order valence-electron chi connectivity index (χ1n) is 11.8. The Morgan fingerprint density at radius 3 is 2.57 bits per heavy atom. The number of ether oxygens (including phenoxy) is 1. The fraction of sp³-hybridized carbons (Fsp3) is 0.462. The Labute approximate surface area is 205 Å². The van der Waals surface area contributed by atoms with Crippen LogP contribution in [0.4, 0.5) is 0 Å². The zero-order valence-electron chi connectivity index (χ0n) is 21.0. The van der Waals surface area contributed by atoms with Crippen molar-refractivity contribution in [3.05, 3.63) is 46.8 Å². The van der Waals surface area contributed by atoms with Gasteiger partial charge in [0.15, 0.2) is 0 Å². The van der Waals surface area contributed by atoms with E-state index in [1.165, 1.54) is 0 Å². The molecule has 0 aliphatic heterocycles. The van der Waals surface area contributed by atoms with E-state index in [2.05, 4.69) is 34.3 Å². The molecule has 0 spiro atoms. The van der Waals surface area contributed by atoms with Crippen LogP contribution in [0.15, 0.2) is 28.9 Å². The lowest BCUT2D eigenvalue weighted by Gasteiger charge is -2.17. The second-order valence-electron chi connectivity index (χ2n) is 9.07. The second-order valence-corrected chi connectivity index (χ2v) is 9.07. The van der Waals surface area contributed by atoms with Gasteiger partial charge in [0.25, 0.3) is 5.89 Å². The Bertz CT molecular complexity index is 1160. The summed E-state index contributed by atoms with van der Waals surface area (Å²) in [5, 5.41) is 25.4. The van der Waals surface area contributed by atoms with Crippen molar-refractivity contribution in [2.45, 2.75) is 53.6 Å². The normalized spacial score (nSPS) is 12.1. The van der Waals surface area contributed by atoms with Gasteiger partial charge in [0.1, 0.15) is 25.1 Å². The summed E-state index contributed by atoms with van der Waals surface area (Å²) in [7, 11) is 0. The number of aryl methyl sites for hydroxylation is 3. The number of benzene rings is 1. The smallest absolute Gasteiger partial charge is 0.259 e. The van der Waals surface area contributed by atoms with Crippen LogP contribution >= 0.6 is 0 Å². The van der Waals surface area contributed by atoms with Crippen molar-refractivity contribution in [2.24, 2.45) is 5.92 Å². The summed E-state index contributed by atoms with van der Waals surface area (Å²) in [4.78, 5) is 20.3. The third-order valence-electron chi connectivity index (χ3n) is 5.55. The molecule has 0 bridgehead atoms. The molecule has 1 aromatic carbocycles. The molecule has 188 valence electrons. The van der Waals surface area contributed by atoms with E-state index >= 15 is 0 Å². The van der Waals surface area contributed by atoms with Crippen molar-refractivity contribution in [3.63, 3.8) is 0 Å². The van der Waals surface area contributed by atoms with E-state index in [4.69, 9.17) is 14.4 Å². The molecule has 1 atom stereocenters. The minimum atomic E-state index is -0.905. The molecule has 0 aliphatic carbocycles. The molecule has 0 fully saturated rings. The number of carbonyl (C=O) groups is 1. The highest BCUT2D eigenvalue weighted by Crippen LogP contribution is 2.31. The lowest BCUT2D eigenvalue weighted by molar-refractivity contribution is -0.124. The maximum absolute atomic E-state index is 11.1. The van der Waals surface area contributed by atoms with Crippen LogP contribution in [0.2, 0.25) is 0 Å². The summed E-state index contributed by atoms with van der Waals surface area (Å²) in [5.74, 6) is 1.54. The van der Waals surface area contributed by atoms with Gasteiger partial charge in [0.05, 0.1) is 5.56 Å². The molecule has 2 heterocycles. The molecular weight excluding hydrogens is 448 g/mol. The van der Waals surface area contributed by atoms with Crippen LogP contribution in [0, 0.1) is 19.8 Å². The number of amides is 1. The largest absolute Gasteiger partial charge is 0.490 e. The molecule has 0 unspecified atom stereocenters. The fourth-order valence-electron chi connectivity index (χ4n) is 3.75. The topological polar surface area (TPSA) is 131 Å². The van der Waals surface area contributed by atoms with Crippen molar-refractivity contribution < 1.29 is 24.3 Å². The third kappa shape index (κ3) is 6.86. The van der Waals surface area contributed by atoms with Crippen molar-refractivity contribution in [1.29, 1.82) is 0 Å². The van der Waals surface area contributed by atoms with Crippen LogP contribution in [0.3, 0.4) is 0 Å². The Morgan fingerprint density at radius 2 is 1.91 bits per heavy atom. The lowest BCUT2D eigenvalue weighted by atomic mass is 10.0. The van der Waals surface area contributed by atoms with Crippen LogP contribution in [0.5, 0.6) is 5.75 Å². The highest BCUT2D eigenvalue weighted by atomic mass is 16.5. The van der Waals surface area contributed by atoms with Crippen LogP contribution < -0.4 is 10.1 Å². The van der Waals surface area contributed by atoms with Gasteiger partial charge >= 0.3 is 0 Å². The standard InChI is InChI=1S/C26H34N4O5/c1-6-18-10-19(9-17(5)24(18)34-14-21(32)12-28-23(33)13-31)25-29-26(35-30-25)20-8-16(4)22(27-11-20)7-15(2)3/h8-11,15,21,31-32H,6-7,12-14H2,1-5H3,(H,28,33)/t21-/m1/s1.